The molecule has 1 aliphatic heterocycles. The Morgan fingerprint density at radius 3 is 1.52 bits per heavy atom. The van der Waals surface area contributed by atoms with E-state index in [0.717, 1.165) is 29.3 Å². The van der Waals surface area contributed by atoms with Crippen LogP contribution in [0.15, 0.2) is 78.9 Å². The molecule has 3 aromatic carbocycles. The fourth-order valence-corrected chi connectivity index (χ4v) is 3.55. The number of nitro benzene ring substituents is 2. The highest BCUT2D eigenvalue weighted by Crippen LogP contribution is 2.55. The number of nitro groups is 2. The number of non-ortho nitro benzene ring substituents is 2. The van der Waals surface area contributed by atoms with Crippen LogP contribution >= 0.6 is 0 Å². The molecule has 0 spiro atoms. The molecule has 1 amide bonds. The van der Waals surface area contributed by atoms with Gasteiger partial charge >= 0.3 is 0 Å². The van der Waals surface area contributed by atoms with Gasteiger partial charge in [-0.15, -0.1) is 0 Å². The van der Waals surface area contributed by atoms with Crippen LogP contribution in [0.5, 0.6) is 0 Å². The van der Waals surface area contributed by atoms with Crippen molar-refractivity contribution in [3.8, 4) is 0 Å². The van der Waals surface area contributed by atoms with E-state index in [9.17, 15) is 25.0 Å². The minimum Gasteiger partial charge on any atom is -0.320 e. The molecule has 1 fully saturated rings. The minimum absolute atomic E-state index is 0.0785. The summed E-state index contributed by atoms with van der Waals surface area (Å²) >= 11 is 0. The summed E-state index contributed by atoms with van der Waals surface area (Å²) in [6.45, 7) is 0. The smallest absolute Gasteiger partial charge is 0.277 e. The molecule has 8 nitrogen and oxygen atoms in total. The maximum absolute atomic E-state index is 13.2. The highest BCUT2D eigenvalue weighted by Gasteiger charge is 2.52. The Hall–Kier alpha value is -4.07. The molecule has 0 N–H and O–H groups in total. The van der Waals surface area contributed by atoms with Crippen LogP contribution in [-0.2, 0) is 0 Å². The van der Waals surface area contributed by atoms with Crippen molar-refractivity contribution in [3.05, 3.63) is 116 Å². The molecule has 0 saturated carbocycles. The van der Waals surface area contributed by atoms with Crippen LogP contribution in [0.3, 0.4) is 0 Å². The van der Waals surface area contributed by atoms with E-state index < -0.39 is 27.1 Å². The Morgan fingerprint density at radius 2 is 1.14 bits per heavy atom. The number of benzene rings is 3. The van der Waals surface area contributed by atoms with Crippen molar-refractivity contribution in [1.82, 2.24) is 4.90 Å². The molecule has 1 heterocycles. The molecule has 2 unspecified atom stereocenters. The van der Waals surface area contributed by atoms with Gasteiger partial charge in [-0.05, 0) is 11.1 Å². The van der Waals surface area contributed by atoms with Gasteiger partial charge in [0.15, 0.2) is 0 Å². The zero-order valence-corrected chi connectivity index (χ0v) is 15.0. The first kappa shape index (κ1) is 18.3. The van der Waals surface area contributed by atoms with Gasteiger partial charge in [0.05, 0.1) is 33.6 Å². The van der Waals surface area contributed by atoms with Crippen LogP contribution in [0.1, 0.15) is 33.6 Å². The van der Waals surface area contributed by atoms with Crippen LogP contribution in [0.2, 0.25) is 0 Å². The van der Waals surface area contributed by atoms with E-state index in [-0.39, 0.29) is 17.6 Å². The standard InChI is InChI=1S/C21H15N3O5/c25-21(16-11-17(23(26)27)13-18(12-16)24(28)29)22-19(14-7-3-1-4-8-14)20(22)15-9-5-2-6-10-15/h1-13,19-20H. The van der Waals surface area contributed by atoms with Gasteiger partial charge in [0.2, 0.25) is 0 Å². The summed E-state index contributed by atoms with van der Waals surface area (Å²) in [7, 11) is 0. The van der Waals surface area contributed by atoms with Crippen molar-refractivity contribution >= 4 is 17.3 Å². The fourth-order valence-electron chi connectivity index (χ4n) is 3.55. The molecule has 0 radical (unpaired) electrons. The number of carbonyl (C=O) groups is 1. The zero-order chi connectivity index (χ0) is 20.5. The predicted octanol–water partition coefficient (Wildman–Crippen LogP) is 4.44. The van der Waals surface area contributed by atoms with Crippen LogP contribution < -0.4 is 0 Å². The Morgan fingerprint density at radius 1 is 0.724 bits per heavy atom. The normalized spacial score (nSPS) is 17.6. The zero-order valence-electron chi connectivity index (χ0n) is 15.0. The lowest BCUT2D eigenvalue weighted by Gasteiger charge is -2.06. The van der Waals surface area contributed by atoms with Gasteiger partial charge in [-0.1, -0.05) is 60.7 Å². The van der Waals surface area contributed by atoms with Crippen LogP contribution in [0, 0.1) is 20.2 Å². The fraction of sp³-hybridized carbons (Fsp3) is 0.0952. The number of hydrogen-bond acceptors (Lipinski definition) is 5. The molecule has 144 valence electrons. The predicted molar refractivity (Wildman–Crippen MR) is 104 cm³/mol. The Kier molecular flexibility index (Phi) is 4.52. The summed E-state index contributed by atoms with van der Waals surface area (Å²) in [4.78, 5) is 35.6. The lowest BCUT2D eigenvalue weighted by Crippen LogP contribution is -2.13. The molecule has 2 atom stereocenters. The second-order valence-electron chi connectivity index (χ2n) is 6.68. The van der Waals surface area contributed by atoms with Crippen molar-refractivity contribution in [2.24, 2.45) is 0 Å². The van der Waals surface area contributed by atoms with Crippen molar-refractivity contribution in [1.29, 1.82) is 0 Å². The van der Waals surface area contributed by atoms with Crippen molar-refractivity contribution in [2.45, 2.75) is 12.1 Å². The van der Waals surface area contributed by atoms with Crippen LogP contribution in [-0.4, -0.2) is 20.7 Å². The highest BCUT2D eigenvalue weighted by atomic mass is 16.6. The molecule has 4 rings (SSSR count). The summed E-state index contributed by atoms with van der Waals surface area (Å²) in [5.74, 6) is -0.487. The Bertz CT molecular complexity index is 1020. The highest BCUT2D eigenvalue weighted by molar-refractivity contribution is 5.98. The van der Waals surface area contributed by atoms with Gasteiger partial charge in [0.1, 0.15) is 0 Å². The van der Waals surface area contributed by atoms with Crippen LogP contribution in [0.25, 0.3) is 0 Å². The lowest BCUT2D eigenvalue weighted by atomic mass is 10.0. The minimum atomic E-state index is -0.741. The molecule has 1 aliphatic rings. The Balaban J connectivity index is 1.75. The van der Waals surface area contributed by atoms with Crippen molar-refractivity contribution in [2.75, 3.05) is 0 Å². The Labute approximate surface area is 165 Å². The molecule has 8 heteroatoms. The second kappa shape index (κ2) is 7.16. The van der Waals surface area contributed by atoms with Crippen molar-refractivity contribution in [3.63, 3.8) is 0 Å². The quantitative estimate of drug-likeness (QED) is 0.364. The topological polar surface area (TPSA) is 106 Å². The number of hydrogen-bond donors (Lipinski definition) is 0. The van der Waals surface area contributed by atoms with E-state index >= 15 is 0 Å². The van der Waals surface area contributed by atoms with Gasteiger partial charge in [-0.2, -0.15) is 0 Å². The summed E-state index contributed by atoms with van der Waals surface area (Å²) in [6, 6.07) is 21.4. The average Bonchev–Trinajstić information content (AvgIpc) is 3.49. The van der Waals surface area contributed by atoms with Gasteiger partial charge in [-0.3, -0.25) is 25.0 Å². The maximum Gasteiger partial charge on any atom is 0.277 e. The molecular weight excluding hydrogens is 374 g/mol. The van der Waals surface area contributed by atoms with Gasteiger partial charge in [0, 0.05) is 12.1 Å². The van der Waals surface area contributed by atoms with Crippen molar-refractivity contribution < 1.29 is 14.6 Å². The number of carbonyl (C=O) groups excluding carboxylic acids is 1. The summed E-state index contributed by atoms with van der Waals surface area (Å²) in [5.41, 5.74) is 0.795. The van der Waals surface area contributed by atoms with E-state index in [1.165, 1.54) is 0 Å². The van der Waals surface area contributed by atoms with Crippen LogP contribution in [0.4, 0.5) is 11.4 Å². The molecule has 0 aromatic heterocycles. The van der Waals surface area contributed by atoms with Gasteiger partial charge < -0.3 is 4.90 Å². The number of rotatable bonds is 5. The average molecular weight is 389 g/mol. The van der Waals surface area contributed by atoms with E-state index in [0.29, 0.717) is 0 Å². The molecule has 0 bridgehead atoms. The molecule has 1 saturated heterocycles. The molecule has 3 aromatic rings. The summed E-state index contributed by atoms with van der Waals surface area (Å²) in [5, 5.41) is 22.3. The van der Waals surface area contributed by atoms with E-state index in [4.69, 9.17) is 0 Å². The SMILES string of the molecule is O=C(c1cc([N+](=O)[O-])cc([N+](=O)[O-])c1)N1C(c2ccccc2)C1c1ccccc1. The number of nitrogens with zero attached hydrogens (tertiary/aromatic N) is 3. The first-order chi connectivity index (χ1) is 14.0. The second-order valence-corrected chi connectivity index (χ2v) is 6.68. The monoisotopic (exact) mass is 389 g/mol. The molecule has 29 heavy (non-hydrogen) atoms. The first-order valence-electron chi connectivity index (χ1n) is 8.84. The van der Waals surface area contributed by atoms with E-state index in [1.807, 2.05) is 60.7 Å². The van der Waals surface area contributed by atoms with Gasteiger partial charge in [0.25, 0.3) is 17.3 Å². The summed E-state index contributed by atoms with van der Waals surface area (Å²) < 4.78 is 0. The van der Waals surface area contributed by atoms with E-state index in [1.54, 1.807) is 4.90 Å². The third-order valence-electron chi connectivity index (χ3n) is 4.90. The first-order valence-corrected chi connectivity index (χ1v) is 8.84. The largest absolute Gasteiger partial charge is 0.320 e. The molecular formula is C21H15N3O5. The number of amides is 1. The third-order valence-corrected chi connectivity index (χ3v) is 4.90. The van der Waals surface area contributed by atoms with Gasteiger partial charge in [-0.25, -0.2) is 0 Å². The van der Waals surface area contributed by atoms with E-state index in [2.05, 4.69) is 0 Å². The summed E-state index contributed by atoms with van der Waals surface area (Å²) in [6.07, 6.45) is 0. The maximum atomic E-state index is 13.2. The third kappa shape index (κ3) is 3.43. The molecule has 0 aliphatic carbocycles. The lowest BCUT2D eigenvalue weighted by molar-refractivity contribution is -0.394.